The van der Waals surface area contributed by atoms with Crippen molar-refractivity contribution in [1.82, 2.24) is 19.7 Å². The minimum absolute atomic E-state index is 0.0222. The largest absolute Gasteiger partial charge is 0.508 e. The third-order valence-corrected chi connectivity index (χ3v) is 4.97. The van der Waals surface area contributed by atoms with E-state index in [1.54, 1.807) is 10.6 Å². The fourth-order valence-corrected chi connectivity index (χ4v) is 3.55. The maximum Gasteiger partial charge on any atom is 0.319 e. The monoisotopic (exact) mass is 378 g/mol. The summed E-state index contributed by atoms with van der Waals surface area (Å²) in [6.07, 6.45) is 0.587. The molecule has 0 spiro atoms. The first-order valence-corrected chi connectivity index (χ1v) is 9.22. The molecule has 0 fully saturated rings. The Hall–Kier alpha value is -3.48. The zero-order valence-corrected chi connectivity index (χ0v) is 15.9. The van der Waals surface area contributed by atoms with Crippen molar-refractivity contribution in [2.24, 2.45) is 0 Å². The molecule has 2 heterocycles. The first kappa shape index (κ1) is 17.9. The van der Waals surface area contributed by atoms with Crippen molar-refractivity contribution in [2.45, 2.75) is 33.1 Å². The Bertz CT molecular complexity index is 1170. The molecule has 0 unspecified atom stereocenters. The number of rotatable bonds is 4. The van der Waals surface area contributed by atoms with Crippen LogP contribution in [0.3, 0.4) is 0 Å². The van der Waals surface area contributed by atoms with Crippen LogP contribution >= 0.6 is 0 Å². The summed E-state index contributed by atoms with van der Waals surface area (Å²) in [5.74, 6) is 0.344. The SMILES string of the molecule is CCc1cc(-c2nnc(O)n2-c2c(C(C)C)[nH]c3ccccc23)c(O)cc1O. The Morgan fingerprint density at radius 2 is 1.79 bits per heavy atom. The van der Waals surface area contributed by atoms with Crippen LogP contribution in [0.5, 0.6) is 17.5 Å². The standard InChI is InChI=1S/C21H22N4O3/c1-4-12-9-14(17(27)10-16(12)26)20-23-24-21(28)25(20)19-13-7-5-6-8-15(13)22-18(19)11(2)3/h5-11,22,26-27H,4H2,1-3H3,(H,24,28). The van der Waals surface area contributed by atoms with Crippen LogP contribution in [-0.2, 0) is 6.42 Å². The zero-order chi connectivity index (χ0) is 20.0. The Labute approximate surface area is 161 Å². The van der Waals surface area contributed by atoms with Crippen molar-refractivity contribution in [3.63, 3.8) is 0 Å². The number of aromatic nitrogens is 4. The molecule has 2 aromatic carbocycles. The van der Waals surface area contributed by atoms with Gasteiger partial charge in [-0.1, -0.05) is 44.1 Å². The number of H-pyrrole nitrogens is 1. The average Bonchev–Trinajstić information content (AvgIpc) is 3.22. The molecule has 0 aliphatic rings. The number of aromatic amines is 1. The van der Waals surface area contributed by atoms with Gasteiger partial charge in [-0.05, 0) is 30.0 Å². The van der Waals surface area contributed by atoms with Crippen LogP contribution < -0.4 is 0 Å². The molecule has 2 aromatic heterocycles. The fourth-order valence-electron chi connectivity index (χ4n) is 3.55. The molecule has 0 aliphatic carbocycles. The highest BCUT2D eigenvalue weighted by molar-refractivity contribution is 5.91. The average molecular weight is 378 g/mol. The molecule has 0 atom stereocenters. The summed E-state index contributed by atoms with van der Waals surface area (Å²) >= 11 is 0. The van der Waals surface area contributed by atoms with Gasteiger partial charge in [-0.2, -0.15) is 0 Å². The molecule has 0 saturated heterocycles. The molecular formula is C21H22N4O3. The van der Waals surface area contributed by atoms with Crippen LogP contribution in [0.25, 0.3) is 28.0 Å². The van der Waals surface area contributed by atoms with E-state index in [4.69, 9.17) is 0 Å². The number of aromatic hydroxyl groups is 3. The Balaban J connectivity index is 2.05. The highest BCUT2D eigenvalue weighted by Crippen LogP contribution is 2.40. The van der Waals surface area contributed by atoms with Crippen LogP contribution in [0.4, 0.5) is 0 Å². The van der Waals surface area contributed by atoms with E-state index in [-0.39, 0.29) is 23.4 Å². The number of hydrogen-bond donors (Lipinski definition) is 4. The van der Waals surface area contributed by atoms with Crippen molar-refractivity contribution in [3.8, 4) is 34.6 Å². The normalized spacial score (nSPS) is 11.6. The van der Waals surface area contributed by atoms with E-state index in [2.05, 4.69) is 29.0 Å². The van der Waals surface area contributed by atoms with Gasteiger partial charge in [0, 0.05) is 22.7 Å². The first-order valence-electron chi connectivity index (χ1n) is 9.22. The van der Waals surface area contributed by atoms with Gasteiger partial charge in [0.15, 0.2) is 5.82 Å². The van der Waals surface area contributed by atoms with Gasteiger partial charge in [0.25, 0.3) is 0 Å². The van der Waals surface area contributed by atoms with Crippen molar-refractivity contribution in [2.75, 3.05) is 0 Å². The van der Waals surface area contributed by atoms with Crippen LogP contribution in [0.15, 0.2) is 36.4 Å². The Morgan fingerprint density at radius 3 is 2.50 bits per heavy atom. The summed E-state index contributed by atoms with van der Waals surface area (Å²) in [7, 11) is 0. The van der Waals surface area contributed by atoms with Crippen molar-refractivity contribution in [3.05, 3.63) is 47.7 Å². The van der Waals surface area contributed by atoms with Gasteiger partial charge in [-0.25, -0.2) is 4.57 Å². The molecule has 0 saturated carbocycles. The van der Waals surface area contributed by atoms with Crippen LogP contribution in [0.2, 0.25) is 0 Å². The highest BCUT2D eigenvalue weighted by Gasteiger charge is 2.25. The van der Waals surface area contributed by atoms with Crippen molar-refractivity contribution in [1.29, 1.82) is 0 Å². The number of phenols is 2. The van der Waals surface area contributed by atoms with E-state index in [0.717, 1.165) is 22.3 Å². The summed E-state index contributed by atoms with van der Waals surface area (Å²) in [6, 6.07) is 10.5. The number of aryl methyl sites for hydroxylation is 1. The minimum Gasteiger partial charge on any atom is -0.508 e. The van der Waals surface area contributed by atoms with E-state index in [1.165, 1.54) is 6.07 Å². The van der Waals surface area contributed by atoms with Crippen LogP contribution in [-0.4, -0.2) is 35.1 Å². The molecular weight excluding hydrogens is 356 g/mol. The summed E-state index contributed by atoms with van der Waals surface area (Å²) in [5.41, 5.74) is 3.66. The van der Waals surface area contributed by atoms with E-state index in [9.17, 15) is 15.3 Å². The zero-order valence-electron chi connectivity index (χ0n) is 15.9. The molecule has 0 radical (unpaired) electrons. The lowest BCUT2D eigenvalue weighted by atomic mass is 10.0. The van der Waals surface area contributed by atoms with Crippen LogP contribution in [0, 0.1) is 0 Å². The number of fused-ring (bicyclic) bond motifs is 1. The van der Waals surface area contributed by atoms with E-state index >= 15 is 0 Å². The lowest BCUT2D eigenvalue weighted by Crippen LogP contribution is -2.02. The summed E-state index contributed by atoms with van der Waals surface area (Å²) < 4.78 is 1.54. The van der Waals surface area contributed by atoms with Crippen molar-refractivity contribution < 1.29 is 15.3 Å². The lowest BCUT2D eigenvalue weighted by molar-refractivity contribution is 0.420. The Kier molecular flexibility index (Phi) is 4.22. The van der Waals surface area contributed by atoms with Gasteiger partial charge in [0.05, 0.1) is 11.3 Å². The summed E-state index contributed by atoms with van der Waals surface area (Å²) in [5, 5.41) is 39.9. The van der Waals surface area contributed by atoms with Gasteiger partial charge in [0.1, 0.15) is 11.5 Å². The number of benzene rings is 2. The number of phenolic OH excluding ortho intramolecular Hbond substituents is 2. The van der Waals surface area contributed by atoms with Gasteiger partial charge in [-0.15, -0.1) is 5.10 Å². The third-order valence-electron chi connectivity index (χ3n) is 4.97. The maximum atomic E-state index is 10.5. The molecule has 4 rings (SSSR count). The van der Waals surface area contributed by atoms with E-state index in [0.29, 0.717) is 23.4 Å². The first-order chi connectivity index (χ1) is 13.4. The van der Waals surface area contributed by atoms with E-state index in [1.807, 2.05) is 31.2 Å². The molecule has 144 valence electrons. The fraction of sp³-hybridized carbons (Fsp3) is 0.238. The quantitative estimate of drug-likeness (QED) is 0.425. The van der Waals surface area contributed by atoms with Gasteiger partial charge in [0.2, 0.25) is 0 Å². The molecule has 7 nitrogen and oxygen atoms in total. The topological polar surface area (TPSA) is 107 Å². The number of nitrogens with zero attached hydrogens (tertiary/aromatic N) is 3. The predicted molar refractivity (Wildman–Crippen MR) is 107 cm³/mol. The van der Waals surface area contributed by atoms with Crippen LogP contribution in [0.1, 0.15) is 37.9 Å². The predicted octanol–water partition coefficient (Wildman–Crippen LogP) is 4.22. The smallest absolute Gasteiger partial charge is 0.319 e. The minimum atomic E-state index is -0.271. The summed E-state index contributed by atoms with van der Waals surface area (Å²) in [4.78, 5) is 3.41. The second-order valence-corrected chi connectivity index (χ2v) is 7.10. The van der Waals surface area contributed by atoms with Gasteiger partial charge >= 0.3 is 6.01 Å². The van der Waals surface area contributed by atoms with Gasteiger partial charge in [-0.3, -0.25) is 0 Å². The van der Waals surface area contributed by atoms with Gasteiger partial charge < -0.3 is 20.3 Å². The van der Waals surface area contributed by atoms with Crippen molar-refractivity contribution >= 4 is 10.9 Å². The summed E-state index contributed by atoms with van der Waals surface area (Å²) in [6.45, 7) is 6.03. The number of hydrogen-bond acceptors (Lipinski definition) is 5. The maximum absolute atomic E-state index is 10.5. The molecule has 7 heteroatoms. The third kappa shape index (κ3) is 2.67. The Morgan fingerprint density at radius 1 is 1.04 bits per heavy atom. The molecule has 28 heavy (non-hydrogen) atoms. The highest BCUT2D eigenvalue weighted by atomic mass is 16.3. The molecule has 0 aliphatic heterocycles. The van der Waals surface area contributed by atoms with E-state index < -0.39 is 0 Å². The number of nitrogens with one attached hydrogen (secondary N) is 1. The lowest BCUT2D eigenvalue weighted by Gasteiger charge is -2.13. The molecule has 0 bridgehead atoms. The molecule has 0 amide bonds. The second-order valence-electron chi connectivity index (χ2n) is 7.10. The molecule has 4 aromatic rings. The number of para-hydroxylation sites is 1. The second kappa shape index (κ2) is 6.60. The molecule has 4 N–H and O–H groups in total.